The summed E-state index contributed by atoms with van der Waals surface area (Å²) in [5.41, 5.74) is 2.60. The van der Waals surface area contributed by atoms with Crippen LogP contribution in [-0.4, -0.2) is 31.1 Å². The standard InChI is InChI=1S/C14H22N2/c1-12-5-3-6-14(11-12)15-13-7-4-9-16(2)10-8-13/h3,5-6,11,13,15H,4,7-10H2,1-2H3. The van der Waals surface area contributed by atoms with Crippen LogP contribution >= 0.6 is 0 Å². The summed E-state index contributed by atoms with van der Waals surface area (Å²) in [7, 11) is 2.22. The van der Waals surface area contributed by atoms with Crippen molar-refractivity contribution in [2.24, 2.45) is 0 Å². The van der Waals surface area contributed by atoms with Crippen LogP contribution in [0.2, 0.25) is 0 Å². The molecule has 0 aliphatic carbocycles. The molecule has 1 N–H and O–H groups in total. The third kappa shape index (κ3) is 3.24. The van der Waals surface area contributed by atoms with E-state index in [-0.39, 0.29) is 0 Å². The van der Waals surface area contributed by atoms with E-state index in [0.717, 1.165) is 0 Å². The Hall–Kier alpha value is -1.02. The van der Waals surface area contributed by atoms with E-state index >= 15 is 0 Å². The maximum atomic E-state index is 3.66. The second-order valence-corrected chi connectivity index (χ2v) is 4.94. The van der Waals surface area contributed by atoms with Crippen molar-refractivity contribution in [3.8, 4) is 0 Å². The predicted octanol–water partition coefficient (Wildman–Crippen LogP) is 2.89. The monoisotopic (exact) mass is 218 g/mol. The second kappa shape index (κ2) is 5.35. The smallest absolute Gasteiger partial charge is 0.0344 e. The van der Waals surface area contributed by atoms with Gasteiger partial charge >= 0.3 is 0 Å². The molecule has 1 saturated heterocycles. The summed E-state index contributed by atoms with van der Waals surface area (Å²) in [6.45, 7) is 4.60. The Morgan fingerprint density at radius 2 is 2.12 bits per heavy atom. The molecule has 2 rings (SSSR count). The highest BCUT2D eigenvalue weighted by Gasteiger charge is 2.14. The van der Waals surface area contributed by atoms with E-state index in [4.69, 9.17) is 0 Å². The van der Waals surface area contributed by atoms with Gasteiger partial charge in [-0.25, -0.2) is 0 Å². The van der Waals surface area contributed by atoms with Crippen LogP contribution in [0.15, 0.2) is 24.3 Å². The average molecular weight is 218 g/mol. The molecule has 2 nitrogen and oxygen atoms in total. The third-order valence-electron chi connectivity index (χ3n) is 3.34. The van der Waals surface area contributed by atoms with Crippen LogP contribution in [0.25, 0.3) is 0 Å². The quantitative estimate of drug-likeness (QED) is 0.821. The first-order valence-corrected chi connectivity index (χ1v) is 6.26. The van der Waals surface area contributed by atoms with Gasteiger partial charge in [0.15, 0.2) is 0 Å². The van der Waals surface area contributed by atoms with E-state index in [0.29, 0.717) is 6.04 Å². The largest absolute Gasteiger partial charge is 0.382 e. The zero-order valence-electron chi connectivity index (χ0n) is 10.4. The number of benzene rings is 1. The van der Waals surface area contributed by atoms with Gasteiger partial charge in [-0.05, 0) is 64.0 Å². The molecule has 0 bridgehead atoms. The fourth-order valence-corrected chi connectivity index (χ4v) is 2.35. The van der Waals surface area contributed by atoms with E-state index in [2.05, 4.69) is 48.5 Å². The van der Waals surface area contributed by atoms with Crippen molar-refractivity contribution in [2.75, 3.05) is 25.5 Å². The van der Waals surface area contributed by atoms with Gasteiger partial charge in [0.25, 0.3) is 0 Å². The highest BCUT2D eigenvalue weighted by Crippen LogP contribution is 2.17. The van der Waals surface area contributed by atoms with Crippen molar-refractivity contribution in [3.05, 3.63) is 29.8 Å². The van der Waals surface area contributed by atoms with Gasteiger partial charge in [-0.2, -0.15) is 0 Å². The minimum atomic E-state index is 0.645. The summed E-state index contributed by atoms with van der Waals surface area (Å²) in [5.74, 6) is 0. The summed E-state index contributed by atoms with van der Waals surface area (Å²) in [5, 5.41) is 3.66. The summed E-state index contributed by atoms with van der Waals surface area (Å²) in [4.78, 5) is 2.43. The number of hydrogen-bond acceptors (Lipinski definition) is 2. The number of anilines is 1. The van der Waals surface area contributed by atoms with Crippen molar-refractivity contribution in [2.45, 2.75) is 32.2 Å². The van der Waals surface area contributed by atoms with Crippen LogP contribution in [0, 0.1) is 6.92 Å². The third-order valence-corrected chi connectivity index (χ3v) is 3.34. The van der Waals surface area contributed by atoms with Gasteiger partial charge in [0.05, 0.1) is 0 Å². The van der Waals surface area contributed by atoms with Crippen LogP contribution in [0.5, 0.6) is 0 Å². The Labute approximate surface area is 98.7 Å². The van der Waals surface area contributed by atoms with Crippen molar-refractivity contribution < 1.29 is 0 Å². The highest BCUT2D eigenvalue weighted by atomic mass is 15.1. The van der Waals surface area contributed by atoms with Gasteiger partial charge in [-0.3, -0.25) is 0 Å². The lowest BCUT2D eigenvalue weighted by molar-refractivity contribution is 0.348. The first-order valence-electron chi connectivity index (χ1n) is 6.26. The molecule has 1 aromatic rings. The van der Waals surface area contributed by atoms with Gasteiger partial charge in [-0.15, -0.1) is 0 Å². The molecule has 1 aliphatic rings. The van der Waals surface area contributed by atoms with E-state index in [1.165, 1.54) is 43.6 Å². The molecule has 0 radical (unpaired) electrons. The van der Waals surface area contributed by atoms with Crippen molar-refractivity contribution in [1.82, 2.24) is 4.90 Å². The Balaban J connectivity index is 1.93. The molecule has 1 aliphatic heterocycles. The van der Waals surface area contributed by atoms with E-state index in [1.54, 1.807) is 0 Å². The van der Waals surface area contributed by atoms with Gasteiger partial charge < -0.3 is 10.2 Å². The molecule has 1 atom stereocenters. The zero-order valence-corrected chi connectivity index (χ0v) is 10.4. The SMILES string of the molecule is Cc1cccc(NC2CCCN(C)CC2)c1. The summed E-state index contributed by atoms with van der Waals surface area (Å²) < 4.78 is 0. The van der Waals surface area contributed by atoms with Crippen molar-refractivity contribution >= 4 is 5.69 Å². The zero-order chi connectivity index (χ0) is 11.4. The number of nitrogens with one attached hydrogen (secondary N) is 1. The molecule has 1 aromatic carbocycles. The minimum absolute atomic E-state index is 0.645. The first-order chi connectivity index (χ1) is 7.74. The van der Waals surface area contributed by atoms with Gasteiger partial charge in [0.2, 0.25) is 0 Å². The Bertz CT molecular complexity index is 335. The number of nitrogens with zero attached hydrogens (tertiary/aromatic N) is 1. The molecular weight excluding hydrogens is 196 g/mol. The lowest BCUT2D eigenvalue weighted by Crippen LogP contribution is -2.22. The van der Waals surface area contributed by atoms with E-state index < -0.39 is 0 Å². The van der Waals surface area contributed by atoms with Crippen LogP contribution in [0.1, 0.15) is 24.8 Å². The Morgan fingerprint density at radius 3 is 2.94 bits per heavy atom. The van der Waals surface area contributed by atoms with Crippen LogP contribution < -0.4 is 5.32 Å². The molecule has 0 spiro atoms. The molecule has 1 heterocycles. The summed E-state index contributed by atoms with van der Waals surface area (Å²) in [6.07, 6.45) is 3.85. The average Bonchev–Trinajstić information content (AvgIpc) is 2.44. The predicted molar refractivity (Wildman–Crippen MR) is 69.9 cm³/mol. The fourth-order valence-electron chi connectivity index (χ4n) is 2.35. The lowest BCUT2D eigenvalue weighted by atomic mass is 10.1. The number of hydrogen-bond donors (Lipinski definition) is 1. The molecule has 0 amide bonds. The lowest BCUT2D eigenvalue weighted by Gasteiger charge is -2.18. The molecule has 0 aromatic heterocycles. The number of aryl methyl sites for hydroxylation is 1. The van der Waals surface area contributed by atoms with Gasteiger partial charge in [0, 0.05) is 11.7 Å². The number of rotatable bonds is 2. The van der Waals surface area contributed by atoms with E-state index in [9.17, 15) is 0 Å². The fraction of sp³-hybridized carbons (Fsp3) is 0.571. The van der Waals surface area contributed by atoms with Crippen molar-refractivity contribution in [1.29, 1.82) is 0 Å². The van der Waals surface area contributed by atoms with Crippen LogP contribution in [0.3, 0.4) is 0 Å². The normalized spacial score (nSPS) is 22.8. The van der Waals surface area contributed by atoms with Crippen LogP contribution in [0.4, 0.5) is 5.69 Å². The summed E-state index contributed by atoms with van der Waals surface area (Å²) >= 11 is 0. The molecule has 2 heteroatoms. The molecule has 1 unspecified atom stereocenters. The highest BCUT2D eigenvalue weighted by molar-refractivity contribution is 5.46. The molecule has 0 saturated carbocycles. The van der Waals surface area contributed by atoms with Gasteiger partial charge in [0.1, 0.15) is 0 Å². The Kier molecular flexibility index (Phi) is 3.83. The van der Waals surface area contributed by atoms with Gasteiger partial charge in [-0.1, -0.05) is 12.1 Å². The molecular formula is C14H22N2. The first kappa shape index (κ1) is 11.5. The number of likely N-dealkylation sites (tertiary alicyclic amines) is 1. The minimum Gasteiger partial charge on any atom is -0.382 e. The molecule has 88 valence electrons. The summed E-state index contributed by atoms with van der Waals surface area (Å²) in [6, 6.07) is 9.31. The van der Waals surface area contributed by atoms with Crippen LogP contribution in [-0.2, 0) is 0 Å². The van der Waals surface area contributed by atoms with Crippen molar-refractivity contribution in [3.63, 3.8) is 0 Å². The molecule has 1 fully saturated rings. The van der Waals surface area contributed by atoms with E-state index in [1.807, 2.05) is 0 Å². The molecule has 16 heavy (non-hydrogen) atoms. The second-order valence-electron chi connectivity index (χ2n) is 4.94. The maximum absolute atomic E-state index is 3.66. The topological polar surface area (TPSA) is 15.3 Å². The Morgan fingerprint density at radius 1 is 1.25 bits per heavy atom. The maximum Gasteiger partial charge on any atom is 0.0344 e.